The first-order valence-electron chi connectivity index (χ1n) is 6.64. The number of carbonyl (C=O) groups excluding carboxylic acids is 1. The van der Waals surface area contributed by atoms with Crippen LogP contribution in [0.3, 0.4) is 0 Å². The highest BCUT2D eigenvalue weighted by molar-refractivity contribution is 9.10. The lowest BCUT2D eigenvalue weighted by Gasteiger charge is -2.46. The fourth-order valence-electron chi connectivity index (χ4n) is 2.62. The summed E-state index contributed by atoms with van der Waals surface area (Å²) >= 11 is 3.38. The van der Waals surface area contributed by atoms with Crippen molar-refractivity contribution in [2.45, 2.75) is 38.5 Å². The quantitative estimate of drug-likeness (QED) is 0.885. The van der Waals surface area contributed by atoms with Gasteiger partial charge in [-0.2, -0.15) is 0 Å². The molecule has 5 nitrogen and oxygen atoms in total. The molecule has 1 aliphatic heterocycles. The maximum absolute atomic E-state index is 12.3. The second kappa shape index (κ2) is 5.77. The number of hydrogen-bond donors (Lipinski definition) is 1. The van der Waals surface area contributed by atoms with Gasteiger partial charge in [-0.15, -0.1) is 0 Å². The molecule has 1 heterocycles. The van der Waals surface area contributed by atoms with Gasteiger partial charge >= 0.3 is 5.97 Å². The molecule has 2 atom stereocenters. The summed E-state index contributed by atoms with van der Waals surface area (Å²) < 4.78 is 6.11. The number of carboxylic acid groups (broad SMARTS) is 1. The number of halogens is 1. The number of carbonyl (C=O) groups is 2. The van der Waals surface area contributed by atoms with Gasteiger partial charge in [0.1, 0.15) is 6.61 Å². The standard InChI is InChI=1S/C15H18BrNO4/c1-15(2,3)17-11(18)8-21-13(14(19)20)12(17)9-5-4-6-10(16)7-9/h4-7,12-13H,8H2,1-3H3,(H,19,20). The first-order valence-corrected chi connectivity index (χ1v) is 7.43. The second-order valence-electron chi connectivity index (χ2n) is 6.00. The third-order valence-electron chi connectivity index (χ3n) is 3.38. The monoisotopic (exact) mass is 355 g/mol. The van der Waals surface area contributed by atoms with E-state index >= 15 is 0 Å². The second-order valence-corrected chi connectivity index (χ2v) is 6.92. The molecule has 6 heteroatoms. The van der Waals surface area contributed by atoms with E-state index in [-0.39, 0.29) is 12.5 Å². The van der Waals surface area contributed by atoms with Crippen molar-refractivity contribution in [2.24, 2.45) is 0 Å². The van der Waals surface area contributed by atoms with Crippen LogP contribution in [0.2, 0.25) is 0 Å². The third-order valence-corrected chi connectivity index (χ3v) is 3.87. The molecule has 1 N–H and O–H groups in total. The Morgan fingerprint density at radius 1 is 1.43 bits per heavy atom. The van der Waals surface area contributed by atoms with Crippen molar-refractivity contribution in [3.8, 4) is 0 Å². The minimum atomic E-state index is -1.07. The van der Waals surface area contributed by atoms with Crippen LogP contribution < -0.4 is 0 Å². The molecule has 1 fully saturated rings. The number of morpholine rings is 1. The number of nitrogens with zero attached hydrogens (tertiary/aromatic N) is 1. The van der Waals surface area contributed by atoms with Gasteiger partial charge < -0.3 is 14.7 Å². The maximum Gasteiger partial charge on any atom is 0.335 e. The summed E-state index contributed by atoms with van der Waals surface area (Å²) in [6.07, 6.45) is -1.07. The van der Waals surface area contributed by atoms with E-state index in [4.69, 9.17) is 4.74 Å². The van der Waals surface area contributed by atoms with Crippen molar-refractivity contribution in [2.75, 3.05) is 6.61 Å². The van der Waals surface area contributed by atoms with Crippen LogP contribution in [0.5, 0.6) is 0 Å². The molecule has 114 valence electrons. The average molecular weight is 356 g/mol. The molecule has 2 rings (SSSR count). The largest absolute Gasteiger partial charge is 0.479 e. The zero-order chi connectivity index (χ0) is 15.8. The van der Waals surface area contributed by atoms with Crippen LogP contribution in [0.25, 0.3) is 0 Å². The average Bonchev–Trinajstić information content (AvgIpc) is 2.36. The minimum Gasteiger partial charge on any atom is -0.479 e. The number of amides is 1. The summed E-state index contributed by atoms with van der Waals surface area (Å²) in [5.41, 5.74) is 0.237. The molecular weight excluding hydrogens is 338 g/mol. The minimum absolute atomic E-state index is 0.204. The van der Waals surface area contributed by atoms with Gasteiger partial charge in [-0.3, -0.25) is 4.79 Å². The van der Waals surface area contributed by atoms with E-state index in [1.165, 1.54) is 0 Å². The lowest BCUT2D eigenvalue weighted by Crippen LogP contribution is -2.58. The molecule has 21 heavy (non-hydrogen) atoms. The van der Waals surface area contributed by atoms with Crippen molar-refractivity contribution in [3.05, 3.63) is 34.3 Å². The Bertz CT molecular complexity index is 567. The number of hydrogen-bond acceptors (Lipinski definition) is 3. The van der Waals surface area contributed by atoms with Crippen molar-refractivity contribution < 1.29 is 19.4 Å². The summed E-state index contributed by atoms with van der Waals surface area (Å²) in [6, 6.07) is 6.65. The van der Waals surface area contributed by atoms with Crippen molar-refractivity contribution in [3.63, 3.8) is 0 Å². The molecule has 1 aliphatic rings. The zero-order valence-electron chi connectivity index (χ0n) is 12.2. The SMILES string of the molecule is CC(C)(C)N1C(=O)COC(C(=O)O)C1c1cccc(Br)c1. The molecule has 0 bridgehead atoms. The third kappa shape index (κ3) is 3.27. The van der Waals surface area contributed by atoms with Gasteiger partial charge in [0.15, 0.2) is 6.10 Å². The Hall–Kier alpha value is -1.40. The highest BCUT2D eigenvalue weighted by Crippen LogP contribution is 2.36. The number of benzene rings is 1. The van der Waals surface area contributed by atoms with Crippen molar-refractivity contribution >= 4 is 27.8 Å². The van der Waals surface area contributed by atoms with Gasteiger partial charge in [-0.25, -0.2) is 4.79 Å². The van der Waals surface area contributed by atoms with E-state index in [0.29, 0.717) is 0 Å². The summed E-state index contributed by atoms with van der Waals surface area (Å²) in [5, 5.41) is 9.43. The fourth-order valence-corrected chi connectivity index (χ4v) is 3.04. The highest BCUT2D eigenvalue weighted by Gasteiger charge is 2.46. The molecule has 0 radical (unpaired) electrons. The van der Waals surface area contributed by atoms with Gasteiger partial charge in [-0.05, 0) is 38.5 Å². The Kier molecular flexibility index (Phi) is 4.39. The van der Waals surface area contributed by atoms with Crippen LogP contribution in [0, 0.1) is 0 Å². The Labute approximate surface area is 132 Å². The lowest BCUT2D eigenvalue weighted by molar-refractivity contribution is -0.179. The van der Waals surface area contributed by atoms with Crippen LogP contribution >= 0.6 is 15.9 Å². The summed E-state index contributed by atoms with van der Waals surface area (Å²) in [7, 11) is 0. The van der Waals surface area contributed by atoms with E-state index in [1.54, 1.807) is 4.90 Å². The molecule has 0 aromatic heterocycles. The highest BCUT2D eigenvalue weighted by atomic mass is 79.9. The molecule has 0 spiro atoms. The van der Waals surface area contributed by atoms with Crippen LogP contribution in [-0.4, -0.2) is 40.1 Å². The van der Waals surface area contributed by atoms with E-state index < -0.39 is 23.7 Å². The predicted octanol–water partition coefficient (Wildman–Crippen LogP) is 2.60. The molecule has 0 saturated carbocycles. The topological polar surface area (TPSA) is 66.8 Å². The molecule has 0 aliphatic carbocycles. The Morgan fingerprint density at radius 3 is 2.62 bits per heavy atom. The molecule has 1 amide bonds. The molecule has 1 saturated heterocycles. The van der Waals surface area contributed by atoms with Gasteiger partial charge in [0, 0.05) is 10.0 Å². The van der Waals surface area contributed by atoms with Gasteiger partial charge in [-0.1, -0.05) is 28.1 Å². The smallest absolute Gasteiger partial charge is 0.335 e. The summed E-state index contributed by atoms with van der Waals surface area (Å²) in [5.74, 6) is -1.27. The summed E-state index contributed by atoms with van der Waals surface area (Å²) in [4.78, 5) is 25.4. The number of aliphatic carboxylic acids is 1. The molecule has 2 unspecified atom stereocenters. The van der Waals surface area contributed by atoms with E-state index in [1.807, 2.05) is 45.0 Å². The number of rotatable bonds is 2. The first kappa shape index (κ1) is 16.0. The van der Waals surface area contributed by atoms with Gasteiger partial charge in [0.2, 0.25) is 5.91 Å². The maximum atomic E-state index is 12.3. The van der Waals surface area contributed by atoms with E-state index in [2.05, 4.69) is 15.9 Å². The van der Waals surface area contributed by atoms with Crippen LogP contribution in [0.15, 0.2) is 28.7 Å². The fraction of sp³-hybridized carbons (Fsp3) is 0.467. The zero-order valence-corrected chi connectivity index (χ0v) is 13.8. The first-order chi connectivity index (χ1) is 9.71. The lowest BCUT2D eigenvalue weighted by atomic mass is 9.92. The Morgan fingerprint density at radius 2 is 2.10 bits per heavy atom. The van der Waals surface area contributed by atoms with Gasteiger partial charge in [0.05, 0.1) is 6.04 Å². The van der Waals surface area contributed by atoms with E-state index in [0.717, 1.165) is 10.0 Å². The number of carboxylic acids is 1. The molecular formula is C15H18BrNO4. The Balaban J connectivity index is 2.54. The molecule has 1 aromatic carbocycles. The summed E-state index contributed by atoms with van der Waals surface area (Å²) in [6.45, 7) is 5.46. The normalized spacial score (nSPS) is 23.2. The predicted molar refractivity (Wildman–Crippen MR) is 80.9 cm³/mol. The van der Waals surface area contributed by atoms with Crippen molar-refractivity contribution in [1.82, 2.24) is 4.90 Å². The van der Waals surface area contributed by atoms with Crippen LogP contribution in [0.1, 0.15) is 32.4 Å². The number of ether oxygens (including phenoxy) is 1. The van der Waals surface area contributed by atoms with Crippen LogP contribution in [-0.2, 0) is 14.3 Å². The van der Waals surface area contributed by atoms with E-state index in [9.17, 15) is 14.7 Å². The van der Waals surface area contributed by atoms with Crippen molar-refractivity contribution in [1.29, 1.82) is 0 Å². The van der Waals surface area contributed by atoms with Crippen LogP contribution in [0.4, 0.5) is 0 Å². The molecule has 1 aromatic rings. The van der Waals surface area contributed by atoms with Gasteiger partial charge in [0.25, 0.3) is 0 Å².